The monoisotopic (exact) mass is 183 g/mol. The van der Waals surface area contributed by atoms with E-state index in [1.54, 1.807) is 13.8 Å². The fraction of sp³-hybridized carbons (Fsp3) is 0.556. The van der Waals surface area contributed by atoms with Crippen LogP contribution in [0.1, 0.15) is 20.3 Å². The lowest BCUT2D eigenvalue weighted by atomic mass is 10.2. The third kappa shape index (κ3) is 1.62. The summed E-state index contributed by atoms with van der Waals surface area (Å²) in [6.45, 7) is 3.60. The van der Waals surface area contributed by atoms with Crippen LogP contribution in [0, 0.1) is 0 Å². The zero-order chi connectivity index (χ0) is 10.0. The molecule has 0 unspecified atom stereocenters. The summed E-state index contributed by atoms with van der Waals surface area (Å²) in [5, 5.41) is 8.57. The molecule has 0 aromatic carbocycles. The number of hydrogen-bond donors (Lipinski definition) is 1. The molecule has 0 spiro atoms. The zero-order valence-corrected chi connectivity index (χ0v) is 7.83. The Hall–Kier alpha value is -1.16. The number of nitrogens with zero attached hydrogens (tertiary/aromatic N) is 1. The third-order valence-corrected chi connectivity index (χ3v) is 2.23. The largest absolute Gasteiger partial charge is 0.396 e. The van der Waals surface area contributed by atoms with Gasteiger partial charge in [0.2, 0.25) is 0 Å². The molecular weight excluding hydrogens is 170 g/mol. The van der Waals surface area contributed by atoms with Gasteiger partial charge in [0.1, 0.15) is 0 Å². The highest BCUT2D eigenvalue weighted by Gasteiger charge is 2.32. The summed E-state index contributed by atoms with van der Waals surface area (Å²) in [7, 11) is 0. The van der Waals surface area contributed by atoms with Crippen molar-refractivity contribution in [3.63, 3.8) is 0 Å². The number of rotatable bonds is 3. The van der Waals surface area contributed by atoms with Gasteiger partial charge in [0, 0.05) is 24.3 Å². The van der Waals surface area contributed by atoms with Crippen LogP contribution >= 0.6 is 0 Å². The minimum atomic E-state index is -0.226. The van der Waals surface area contributed by atoms with Crippen molar-refractivity contribution in [2.24, 2.45) is 0 Å². The Bertz CT molecular complexity index is 257. The Morgan fingerprint density at radius 1 is 1.15 bits per heavy atom. The van der Waals surface area contributed by atoms with Crippen molar-refractivity contribution in [1.82, 2.24) is 4.90 Å². The van der Waals surface area contributed by atoms with E-state index in [0.29, 0.717) is 24.1 Å². The van der Waals surface area contributed by atoms with Gasteiger partial charge in [0.25, 0.3) is 11.8 Å². The molecule has 4 nitrogen and oxygen atoms in total. The second-order valence-corrected chi connectivity index (χ2v) is 3.09. The number of hydrogen-bond acceptors (Lipinski definition) is 3. The van der Waals surface area contributed by atoms with E-state index in [-0.39, 0.29) is 18.4 Å². The van der Waals surface area contributed by atoms with Crippen molar-refractivity contribution in [3.05, 3.63) is 11.1 Å². The summed E-state index contributed by atoms with van der Waals surface area (Å²) in [4.78, 5) is 24.0. The molecule has 1 aliphatic heterocycles. The lowest BCUT2D eigenvalue weighted by Gasteiger charge is -2.13. The second-order valence-electron chi connectivity index (χ2n) is 3.09. The number of aliphatic hydroxyl groups is 1. The van der Waals surface area contributed by atoms with Crippen LogP contribution in [0.25, 0.3) is 0 Å². The highest BCUT2D eigenvalue weighted by atomic mass is 16.3. The van der Waals surface area contributed by atoms with Crippen LogP contribution in [0.15, 0.2) is 11.1 Å². The Kier molecular flexibility index (Phi) is 2.83. The van der Waals surface area contributed by atoms with Gasteiger partial charge in [-0.2, -0.15) is 0 Å². The summed E-state index contributed by atoms with van der Waals surface area (Å²) in [5.74, 6) is -0.452. The van der Waals surface area contributed by atoms with Crippen LogP contribution in [-0.2, 0) is 9.59 Å². The van der Waals surface area contributed by atoms with Crippen LogP contribution < -0.4 is 0 Å². The summed E-state index contributed by atoms with van der Waals surface area (Å²) >= 11 is 0. The molecule has 0 aromatic heterocycles. The summed E-state index contributed by atoms with van der Waals surface area (Å²) in [6.07, 6.45) is 0.442. The first-order chi connectivity index (χ1) is 6.09. The molecule has 0 radical (unpaired) electrons. The van der Waals surface area contributed by atoms with Crippen molar-refractivity contribution >= 4 is 11.8 Å². The molecule has 1 heterocycles. The van der Waals surface area contributed by atoms with Crippen molar-refractivity contribution in [3.8, 4) is 0 Å². The second kappa shape index (κ2) is 3.70. The van der Waals surface area contributed by atoms with Crippen LogP contribution in [-0.4, -0.2) is 35.0 Å². The van der Waals surface area contributed by atoms with Crippen LogP contribution in [0.5, 0.6) is 0 Å². The third-order valence-electron chi connectivity index (χ3n) is 2.23. The van der Waals surface area contributed by atoms with Crippen LogP contribution in [0.3, 0.4) is 0 Å². The van der Waals surface area contributed by atoms with Gasteiger partial charge in [-0.05, 0) is 20.3 Å². The Morgan fingerprint density at radius 3 is 2.00 bits per heavy atom. The molecule has 13 heavy (non-hydrogen) atoms. The highest BCUT2D eigenvalue weighted by molar-refractivity contribution is 6.18. The molecule has 0 saturated heterocycles. The van der Waals surface area contributed by atoms with E-state index in [0.717, 1.165) is 0 Å². The molecule has 1 rings (SSSR count). The summed E-state index contributed by atoms with van der Waals surface area (Å²) in [5.41, 5.74) is 1.03. The average Bonchev–Trinajstić information content (AvgIpc) is 2.30. The minimum Gasteiger partial charge on any atom is -0.396 e. The average molecular weight is 183 g/mol. The van der Waals surface area contributed by atoms with E-state index in [1.807, 2.05) is 0 Å². The van der Waals surface area contributed by atoms with E-state index >= 15 is 0 Å². The number of carbonyl (C=O) groups is 2. The molecule has 0 atom stereocenters. The molecule has 0 aromatic rings. The normalized spacial score (nSPS) is 17.6. The minimum absolute atomic E-state index is 0.00481. The Balaban J connectivity index is 2.73. The van der Waals surface area contributed by atoms with Gasteiger partial charge in [0.05, 0.1) is 0 Å². The molecule has 1 N–H and O–H groups in total. The van der Waals surface area contributed by atoms with Gasteiger partial charge in [-0.25, -0.2) is 0 Å². The van der Waals surface area contributed by atoms with E-state index in [4.69, 9.17) is 5.11 Å². The van der Waals surface area contributed by atoms with Crippen molar-refractivity contribution in [1.29, 1.82) is 0 Å². The van der Waals surface area contributed by atoms with E-state index in [9.17, 15) is 9.59 Å². The smallest absolute Gasteiger partial charge is 0.256 e. The van der Waals surface area contributed by atoms with Gasteiger partial charge in [-0.15, -0.1) is 0 Å². The van der Waals surface area contributed by atoms with E-state index in [2.05, 4.69) is 0 Å². The maximum Gasteiger partial charge on any atom is 0.256 e. The van der Waals surface area contributed by atoms with Crippen LogP contribution in [0.4, 0.5) is 0 Å². The van der Waals surface area contributed by atoms with Gasteiger partial charge in [-0.1, -0.05) is 0 Å². The summed E-state index contributed by atoms with van der Waals surface area (Å²) < 4.78 is 0. The Morgan fingerprint density at radius 2 is 1.62 bits per heavy atom. The first kappa shape index (κ1) is 9.92. The number of carbonyl (C=O) groups excluding carboxylic acids is 2. The molecule has 0 fully saturated rings. The predicted octanol–water partition coefficient (Wildman–Crippen LogP) is 0.0740. The first-order valence-electron chi connectivity index (χ1n) is 4.24. The topological polar surface area (TPSA) is 57.6 Å². The summed E-state index contributed by atoms with van der Waals surface area (Å²) in [6, 6.07) is 0. The van der Waals surface area contributed by atoms with Crippen LogP contribution in [0.2, 0.25) is 0 Å². The van der Waals surface area contributed by atoms with E-state index < -0.39 is 0 Å². The van der Waals surface area contributed by atoms with Gasteiger partial charge < -0.3 is 5.11 Å². The molecule has 72 valence electrons. The maximum atomic E-state index is 11.4. The van der Waals surface area contributed by atoms with Crippen molar-refractivity contribution in [2.75, 3.05) is 13.2 Å². The molecule has 0 aliphatic carbocycles. The highest BCUT2D eigenvalue weighted by Crippen LogP contribution is 2.19. The molecule has 0 saturated carbocycles. The lowest BCUT2D eigenvalue weighted by Crippen LogP contribution is -2.32. The zero-order valence-electron chi connectivity index (χ0n) is 7.83. The fourth-order valence-corrected chi connectivity index (χ4v) is 1.25. The van der Waals surface area contributed by atoms with Gasteiger partial charge >= 0.3 is 0 Å². The number of aliphatic hydroxyl groups excluding tert-OH is 1. The fourth-order valence-electron chi connectivity index (χ4n) is 1.25. The maximum absolute atomic E-state index is 11.4. The first-order valence-corrected chi connectivity index (χ1v) is 4.24. The SMILES string of the molecule is CC1=C(C)C(=O)N(CCCO)C1=O. The van der Waals surface area contributed by atoms with Crippen molar-refractivity contribution < 1.29 is 14.7 Å². The molecule has 4 heteroatoms. The quantitative estimate of drug-likeness (QED) is 0.630. The molecule has 0 bridgehead atoms. The lowest BCUT2D eigenvalue weighted by molar-refractivity contribution is -0.137. The van der Waals surface area contributed by atoms with Gasteiger partial charge in [-0.3, -0.25) is 14.5 Å². The molecule has 1 aliphatic rings. The number of amides is 2. The van der Waals surface area contributed by atoms with Gasteiger partial charge in [0.15, 0.2) is 0 Å². The van der Waals surface area contributed by atoms with Crippen molar-refractivity contribution in [2.45, 2.75) is 20.3 Å². The Labute approximate surface area is 76.8 Å². The molecular formula is C9H13NO3. The van der Waals surface area contributed by atoms with E-state index in [1.165, 1.54) is 4.90 Å². The molecule has 2 amide bonds. The standard InChI is InChI=1S/C9H13NO3/c1-6-7(2)9(13)10(8(6)12)4-3-5-11/h11H,3-5H2,1-2H3. The predicted molar refractivity (Wildman–Crippen MR) is 46.8 cm³/mol. The number of imide groups is 1.